The Balaban J connectivity index is 1.49. The number of nitrogens with one attached hydrogen (secondary N) is 1. The average Bonchev–Trinajstić information content (AvgIpc) is 3.02. The number of halogens is 1. The third-order valence-electron chi connectivity index (χ3n) is 7.11. The van der Waals surface area contributed by atoms with Crippen LogP contribution in [-0.4, -0.2) is 43.7 Å². The third-order valence-corrected chi connectivity index (χ3v) is 7.35. The molecule has 2 amide bonds. The molecule has 0 saturated carbocycles. The number of carbonyl (C=O) groups excluding carboxylic acids is 2. The summed E-state index contributed by atoms with van der Waals surface area (Å²) in [5.74, 6) is -0.672. The van der Waals surface area contributed by atoms with E-state index < -0.39 is 5.97 Å². The number of amides is 2. The first-order valence-corrected chi connectivity index (χ1v) is 14.6. The summed E-state index contributed by atoms with van der Waals surface area (Å²) in [5.41, 5.74) is 4.67. The summed E-state index contributed by atoms with van der Waals surface area (Å²) in [7, 11) is 3.11. The normalized spacial score (nSPS) is 10.6. The van der Waals surface area contributed by atoms with Crippen LogP contribution in [0.2, 0.25) is 5.02 Å². The van der Waals surface area contributed by atoms with E-state index in [2.05, 4.69) is 5.32 Å². The minimum Gasteiger partial charge on any atom is -0.495 e. The van der Waals surface area contributed by atoms with Gasteiger partial charge in [0.05, 0.1) is 25.1 Å². The van der Waals surface area contributed by atoms with Crippen LogP contribution in [0.15, 0.2) is 84.9 Å². The number of benzene rings is 4. The molecule has 0 aliphatic rings. The van der Waals surface area contributed by atoms with Gasteiger partial charge in [-0.05, 0) is 73.7 Å². The van der Waals surface area contributed by atoms with E-state index >= 15 is 0 Å². The molecule has 9 heteroatoms. The molecule has 0 atom stereocenters. The van der Waals surface area contributed by atoms with Gasteiger partial charge in [0.25, 0.3) is 11.8 Å². The molecule has 0 bridgehead atoms. The van der Waals surface area contributed by atoms with E-state index in [1.165, 1.54) is 12.0 Å². The second-order valence-corrected chi connectivity index (χ2v) is 10.7. The van der Waals surface area contributed by atoms with Gasteiger partial charge in [0.2, 0.25) is 0 Å². The fraction of sp³-hybridized carbons (Fsp3) is 0.229. The zero-order valence-corrected chi connectivity index (χ0v) is 25.7. The Morgan fingerprint density at radius 3 is 2.36 bits per heavy atom. The highest BCUT2D eigenvalue weighted by molar-refractivity contribution is 6.30. The molecule has 8 nitrogen and oxygen atoms in total. The van der Waals surface area contributed by atoms with Crippen molar-refractivity contribution in [1.29, 1.82) is 0 Å². The Bertz CT molecular complexity index is 1640. The Kier molecular flexibility index (Phi) is 11.0. The molecule has 0 unspecified atom stereocenters. The number of aliphatic carboxylic acids is 1. The summed E-state index contributed by atoms with van der Waals surface area (Å²) in [6, 6.07) is 25.2. The van der Waals surface area contributed by atoms with E-state index in [-0.39, 0.29) is 18.2 Å². The maximum Gasteiger partial charge on any atom is 0.303 e. The summed E-state index contributed by atoms with van der Waals surface area (Å²) in [6.07, 6.45) is 2.05. The van der Waals surface area contributed by atoms with Crippen molar-refractivity contribution in [2.75, 3.05) is 31.0 Å². The van der Waals surface area contributed by atoms with E-state index in [0.717, 1.165) is 16.7 Å². The number of methoxy groups -OCH3 is 1. The Labute approximate surface area is 262 Å². The minimum absolute atomic E-state index is 0.117. The molecule has 4 aromatic carbocycles. The number of carboxylic acid groups (broad SMARTS) is 1. The lowest BCUT2D eigenvalue weighted by molar-refractivity contribution is -0.137. The summed E-state index contributed by atoms with van der Waals surface area (Å²) in [6.45, 7) is 2.36. The molecule has 0 aliphatic heterocycles. The smallest absolute Gasteiger partial charge is 0.303 e. The van der Waals surface area contributed by atoms with Crippen molar-refractivity contribution in [2.24, 2.45) is 0 Å². The lowest BCUT2D eigenvalue weighted by Crippen LogP contribution is -2.27. The number of aryl methyl sites for hydroxylation is 1. The van der Waals surface area contributed by atoms with E-state index in [9.17, 15) is 14.4 Å². The minimum atomic E-state index is -0.821. The lowest BCUT2D eigenvalue weighted by Gasteiger charge is -2.22. The fourth-order valence-electron chi connectivity index (χ4n) is 4.70. The van der Waals surface area contributed by atoms with Crippen LogP contribution in [-0.2, 0) is 4.79 Å². The standard InChI is InChI=1S/C35H35ClN2O6/c1-23-12-14-24(15-13-23)27-9-6-7-10-28(27)34(41)37-29-18-16-25(21-31(29)43-3)35(42)38(2)30-19-17-26(36)22-32(30)44-20-8-4-5-11-33(39)40/h6-7,9-10,12-19,21-22H,4-5,8,11,20H2,1-3H3,(H,37,41)(H,39,40). The van der Waals surface area contributed by atoms with Gasteiger partial charge in [-0.25, -0.2) is 0 Å². The van der Waals surface area contributed by atoms with Crippen molar-refractivity contribution >= 4 is 40.8 Å². The summed E-state index contributed by atoms with van der Waals surface area (Å²) < 4.78 is 11.5. The molecule has 4 rings (SSSR count). The van der Waals surface area contributed by atoms with Crippen molar-refractivity contribution in [3.63, 3.8) is 0 Å². The maximum atomic E-state index is 13.5. The summed E-state index contributed by atoms with van der Waals surface area (Å²) in [5, 5.41) is 12.2. The number of carbonyl (C=O) groups is 3. The van der Waals surface area contributed by atoms with Crippen LogP contribution in [0.5, 0.6) is 11.5 Å². The van der Waals surface area contributed by atoms with Crippen LogP contribution in [0.1, 0.15) is 52.0 Å². The summed E-state index contributed by atoms with van der Waals surface area (Å²) >= 11 is 6.21. The zero-order chi connectivity index (χ0) is 31.6. The number of ether oxygens (including phenoxy) is 2. The van der Waals surface area contributed by atoms with Crippen molar-refractivity contribution in [1.82, 2.24) is 0 Å². The average molecular weight is 615 g/mol. The molecule has 0 spiro atoms. The van der Waals surface area contributed by atoms with Crippen LogP contribution in [0.3, 0.4) is 0 Å². The van der Waals surface area contributed by atoms with E-state index in [0.29, 0.717) is 64.9 Å². The molecule has 4 aromatic rings. The number of rotatable bonds is 13. The van der Waals surface area contributed by atoms with Gasteiger partial charge < -0.3 is 24.8 Å². The predicted octanol–water partition coefficient (Wildman–Crippen LogP) is 7.88. The molecule has 0 heterocycles. The Hall–Kier alpha value is -4.82. The molecule has 0 radical (unpaired) electrons. The molecular formula is C35H35ClN2O6. The van der Waals surface area contributed by atoms with Crippen molar-refractivity contribution in [3.05, 3.63) is 107 Å². The second-order valence-electron chi connectivity index (χ2n) is 10.3. The van der Waals surface area contributed by atoms with Crippen LogP contribution in [0, 0.1) is 6.92 Å². The number of carboxylic acids is 1. The lowest BCUT2D eigenvalue weighted by atomic mass is 9.98. The maximum absolute atomic E-state index is 13.5. The fourth-order valence-corrected chi connectivity index (χ4v) is 4.87. The number of hydrogen-bond donors (Lipinski definition) is 2. The molecule has 0 fully saturated rings. The van der Waals surface area contributed by atoms with Gasteiger partial charge in [0.15, 0.2) is 0 Å². The van der Waals surface area contributed by atoms with Crippen molar-refractivity contribution in [3.8, 4) is 22.6 Å². The second kappa shape index (κ2) is 15.1. The van der Waals surface area contributed by atoms with Crippen LogP contribution >= 0.6 is 11.6 Å². The zero-order valence-electron chi connectivity index (χ0n) is 24.9. The monoisotopic (exact) mass is 614 g/mol. The van der Waals surface area contributed by atoms with Gasteiger partial charge in [0, 0.05) is 35.7 Å². The highest BCUT2D eigenvalue weighted by Crippen LogP contribution is 2.34. The molecule has 0 aromatic heterocycles. The number of nitrogens with zero attached hydrogens (tertiary/aromatic N) is 1. The van der Waals surface area contributed by atoms with E-state index in [1.807, 2.05) is 49.4 Å². The van der Waals surface area contributed by atoms with Crippen LogP contribution in [0.25, 0.3) is 11.1 Å². The largest absolute Gasteiger partial charge is 0.495 e. The number of anilines is 2. The van der Waals surface area contributed by atoms with E-state index in [4.69, 9.17) is 26.2 Å². The first-order chi connectivity index (χ1) is 21.2. The third kappa shape index (κ3) is 8.17. The van der Waals surface area contributed by atoms with Gasteiger partial charge >= 0.3 is 5.97 Å². The quantitative estimate of drug-likeness (QED) is 0.148. The molecule has 228 valence electrons. The molecule has 0 aliphatic carbocycles. The first kappa shape index (κ1) is 32.1. The topological polar surface area (TPSA) is 105 Å². The number of hydrogen-bond acceptors (Lipinski definition) is 5. The van der Waals surface area contributed by atoms with Crippen LogP contribution < -0.4 is 19.7 Å². The molecular weight excluding hydrogens is 580 g/mol. The van der Waals surface area contributed by atoms with E-state index in [1.54, 1.807) is 49.5 Å². The molecule has 0 saturated heterocycles. The highest BCUT2D eigenvalue weighted by Gasteiger charge is 2.21. The van der Waals surface area contributed by atoms with Crippen LogP contribution in [0.4, 0.5) is 11.4 Å². The van der Waals surface area contributed by atoms with Gasteiger partial charge in [-0.1, -0.05) is 59.6 Å². The van der Waals surface area contributed by atoms with Crippen molar-refractivity contribution < 1.29 is 29.0 Å². The van der Waals surface area contributed by atoms with Gasteiger partial charge in [-0.15, -0.1) is 0 Å². The Morgan fingerprint density at radius 1 is 0.886 bits per heavy atom. The van der Waals surface area contributed by atoms with Crippen molar-refractivity contribution in [2.45, 2.75) is 32.6 Å². The Morgan fingerprint density at radius 2 is 1.64 bits per heavy atom. The van der Waals surface area contributed by atoms with Gasteiger partial charge in [0.1, 0.15) is 11.5 Å². The summed E-state index contributed by atoms with van der Waals surface area (Å²) in [4.78, 5) is 39.1. The van der Waals surface area contributed by atoms with Gasteiger partial charge in [-0.3, -0.25) is 14.4 Å². The molecule has 44 heavy (non-hydrogen) atoms. The van der Waals surface area contributed by atoms with Gasteiger partial charge in [-0.2, -0.15) is 0 Å². The highest BCUT2D eigenvalue weighted by atomic mass is 35.5. The first-order valence-electron chi connectivity index (χ1n) is 14.3. The number of unbranched alkanes of at least 4 members (excludes halogenated alkanes) is 2. The molecule has 2 N–H and O–H groups in total. The SMILES string of the molecule is COc1cc(C(=O)N(C)c2ccc(Cl)cc2OCCCCCC(=O)O)ccc1NC(=O)c1ccccc1-c1ccc(C)cc1. The predicted molar refractivity (Wildman–Crippen MR) is 173 cm³/mol.